The summed E-state index contributed by atoms with van der Waals surface area (Å²) in [5, 5.41) is 6.71. The number of aromatic amines is 1. The van der Waals surface area contributed by atoms with E-state index in [-0.39, 0.29) is 6.79 Å². The van der Waals surface area contributed by atoms with Crippen LogP contribution in [0.5, 0.6) is 11.5 Å². The van der Waals surface area contributed by atoms with Gasteiger partial charge in [-0.1, -0.05) is 6.92 Å². The van der Waals surface area contributed by atoms with Crippen molar-refractivity contribution in [2.45, 2.75) is 13.3 Å². The highest BCUT2D eigenvalue weighted by Gasteiger charge is 2.23. The molecule has 0 radical (unpaired) electrons. The molecule has 0 saturated heterocycles. The standard InChI is InChI=1S/C12H12BrN3O2/c1-2-6-7(8-4-15-16-12(8)14)3-9-11(10(6)13)18-5-17-9/h3-4H,2,5H2,1H3,(H3,14,15,16). The van der Waals surface area contributed by atoms with Gasteiger partial charge in [-0.2, -0.15) is 5.10 Å². The lowest BCUT2D eigenvalue weighted by Gasteiger charge is -2.11. The van der Waals surface area contributed by atoms with Crippen LogP contribution in [0.25, 0.3) is 11.1 Å². The van der Waals surface area contributed by atoms with Crippen LogP contribution in [0, 0.1) is 0 Å². The van der Waals surface area contributed by atoms with E-state index in [0.717, 1.165) is 39.1 Å². The van der Waals surface area contributed by atoms with Crippen LogP contribution >= 0.6 is 15.9 Å². The summed E-state index contributed by atoms with van der Waals surface area (Å²) in [4.78, 5) is 0. The average Bonchev–Trinajstić information content (AvgIpc) is 2.97. The number of aromatic nitrogens is 2. The van der Waals surface area contributed by atoms with E-state index in [9.17, 15) is 0 Å². The van der Waals surface area contributed by atoms with Crippen molar-refractivity contribution in [2.24, 2.45) is 0 Å². The fourth-order valence-electron chi connectivity index (χ4n) is 2.14. The van der Waals surface area contributed by atoms with Crippen LogP contribution < -0.4 is 15.2 Å². The van der Waals surface area contributed by atoms with Crippen molar-refractivity contribution in [3.05, 3.63) is 22.3 Å². The summed E-state index contributed by atoms with van der Waals surface area (Å²) < 4.78 is 11.8. The molecule has 0 saturated carbocycles. The Morgan fingerprint density at radius 2 is 2.28 bits per heavy atom. The Labute approximate surface area is 112 Å². The quantitative estimate of drug-likeness (QED) is 0.894. The third-order valence-electron chi connectivity index (χ3n) is 3.02. The van der Waals surface area contributed by atoms with Crippen LogP contribution in [0.1, 0.15) is 12.5 Å². The SMILES string of the molecule is CCc1c(-c2cn[nH]c2N)cc2c(c1Br)OCO2. The van der Waals surface area contributed by atoms with Crippen molar-refractivity contribution in [3.63, 3.8) is 0 Å². The van der Waals surface area contributed by atoms with Crippen molar-refractivity contribution >= 4 is 21.7 Å². The molecule has 2 heterocycles. The molecule has 94 valence electrons. The first-order chi connectivity index (χ1) is 8.72. The van der Waals surface area contributed by atoms with Gasteiger partial charge in [-0.05, 0) is 39.5 Å². The topological polar surface area (TPSA) is 73.2 Å². The minimum atomic E-state index is 0.251. The first-order valence-electron chi connectivity index (χ1n) is 5.62. The summed E-state index contributed by atoms with van der Waals surface area (Å²) in [6, 6.07) is 1.95. The van der Waals surface area contributed by atoms with E-state index in [1.54, 1.807) is 6.20 Å². The average molecular weight is 310 g/mol. The number of benzene rings is 1. The third kappa shape index (κ3) is 1.56. The summed E-state index contributed by atoms with van der Waals surface area (Å²) in [6.45, 7) is 2.34. The normalized spacial score (nSPS) is 13.0. The number of nitrogens with two attached hydrogens (primary N) is 1. The molecule has 1 aromatic heterocycles. The lowest BCUT2D eigenvalue weighted by molar-refractivity contribution is 0.173. The van der Waals surface area contributed by atoms with Crippen LogP contribution in [-0.2, 0) is 6.42 Å². The molecule has 3 N–H and O–H groups in total. The minimum absolute atomic E-state index is 0.251. The van der Waals surface area contributed by atoms with Gasteiger partial charge < -0.3 is 15.2 Å². The van der Waals surface area contributed by atoms with Crippen LogP contribution in [0.3, 0.4) is 0 Å². The molecule has 3 rings (SSSR count). The molecule has 0 amide bonds. The largest absolute Gasteiger partial charge is 0.454 e. The molecule has 0 aliphatic carbocycles. The fourth-order valence-corrected chi connectivity index (χ4v) is 2.94. The van der Waals surface area contributed by atoms with E-state index >= 15 is 0 Å². The second-order valence-corrected chi connectivity index (χ2v) is 4.79. The van der Waals surface area contributed by atoms with E-state index in [1.165, 1.54) is 0 Å². The third-order valence-corrected chi connectivity index (χ3v) is 3.86. The van der Waals surface area contributed by atoms with Gasteiger partial charge in [-0.15, -0.1) is 0 Å². The van der Waals surface area contributed by atoms with Crippen molar-refractivity contribution in [2.75, 3.05) is 12.5 Å². The summed E-state index contributed by atoms with van der Waals surface area (Å²) in [5.74, 6) is 2.04. The van der Waals surface area contributed by atoms with Gasteiger partial charge in [0.2, 0.25) is 6.79 Å². The maximum Gasteiger partial charge on any atom is 0.231 e. The number of ether oxygens (including phenoxy) is 2. The lowest BCUT2D eigenvalue weighted by Crippen LogP contribution is -1.94. The number of nitrogen functional groups attached to an aromatic ring is 1. The minimum Gasteiger partial charge on any atom is -0.454 e. The number of H-pyrrole nitrogens is 1. The maximum absolute atomic E-state index is 5.89. The number of halogens is 1. The molecule has 6 heteroatoms. The Bertz CT molecular complexity index is 610. The van der Waals surface area contributed by atoms with Gasteiger partial charge >= 0.3 is 0 Å². The van der Waals surface area contributed by atoms with Gasteiger partial charge in [-0.3, -0.25) is 5.10 Å². The number of hydrogen-bond donors (Lipinski definition) is 2. The predicted octanol–water partition coefficient (Wildman–Crippen LogP) is 2.71. The Kier molecular flexibility index (Phi) is 2.66. The zero-order valence-corrected chi connectivity index (χ0v) is 11.4. The van der Waals surface area contributed by atoms with Crippen molar-refractivity contribution < 1.29 is 9.47 Å². The maximum atomic E-state index is 5.89. The Hall–Kier alpha value is -1.69. The van der Waals surface area contributed by atoms with Gasteiger partial charge in [0, 0.05) is 5.56 Å². The van der Waals surface area contributed by atoms with Crippen LogP contribution in [-0.4, -0.2) is 17.0 Å². The van der Waals surface area contributed by atoms with Crippen LogP contribution in [0.15, 0.2) is 16.7 Å². The zero-order valence-electron chi connectivity index (χ0n) is 9.79. The molecule has 0 fully saturated rings. The molecule has 2 aromatic rings. The molecule has 18 heavy (non-hydrogen) atoms. The zero-order chi connectivity index (χ0) is 12.7. The number of fused-ring (bicyclic) bond motifs is 1. The molecule has 0 spiro atoms. The molecule has 0 bridgehead atoms. The molecule has 1 aliphatic rings. The number of nitrogens with one attached hydrogen (secondary N) is 1. The smallest absolute Gasteiger partial charge is 0.231 e. The summed E-state index contributed by atoms with van der Waals surface area (Å²) in [6.07, 6.45) is 2.58. The lowest BCUT2D eigenvalue weighted by atomic mass is 9.99. The second kappa shape index (κ2) is 4.20. The molecule has 5 nitrogen and oxygen atoms in total. The number of nitrogens with zero attached hydrogens (tertiary/aromatic N) is 1. The van der Waals surface area contributed by atoms with E-state index in [0.29, 0.717) is 5.82 Å². The predicted molar refractivity (Wildman–Crippen MR) is 71.6 cm³/mol. The molecule has 0 atom stereocenters. The first-order valence-corrected chi connectivity index (χ1v) is 6.41. The highest BCUT2D eigenvalue weighted by molar-refractivity contribution is 9.10. The Morgan fingerprint density at radius 1 is 1.44 bits per heavy atom. The van der Waals surface area contributed by atoms with E-state index in [1.807, 2.05) is 6.07 Å². The van der Waals surface area contributed by atoms with Gasteiger partial charge in [0.1, 0.15) is 5.82 Å². The molecular weight excluding hydrogens is 298 g/mol. The van der Waals surface area contributed by atoms with Crippen molar-refractivity contribution in [3.8, 4) is 22.6 Å². The van der Waals surface area contributed by atoms with Crippen LogP contribution in [0.2, 0.25) is 0 Å². The molecule has 1 aromatic carbocycles. The number of rotatable bonds is 2. The monoisotopic (exact) mass is 309 g/mol. The van der Waals surface area contributed by atoms with E-state index < -0.39 is 0 Å². The second-order valence-electron chi connectivity index (χ2n) is 4.00. The number of anilines is 1. The van der Waals surface area contributed by atoms with Gasteiger partial charge in [0.25, 0.3) is 0 Å². The van der Waals surface area contributed by atoms with Gasteiger partial charge in [-0.25, -0.2) is 0 Å². The van der Waals surface area contributed by atoms with Crippen molar-refractivity contribution in [1.29, 1.82) is 0 Å². The summed E-state index contributed by atoms with van der Waals surface area (Å²) in [7, 11) is 0. The highest BCUT2D eigenvalue weighted by atomic mass is 79.9. The van der Waals surface area contributed by atoms with E-state index in [4.69, 9.17) is 15.2 Å². The molecule has 1 aliphatic heterocycles. The summed E-state index contributed by atoms with van der Waals surface area (Å²) in [5.41, 5.74) is 8.91. The van der Waals surface area contributed by atoms with Crippen LogP contribution in [0.4, 0.5) is 5.82 Å². The highest BCUT2D eigenvalue weighted by Crippen LogP contribution is 2.46. The van der Waals surface area contributed by atoms with Crippen molar-refractivity contribution in [1.82, 2.24) is 10.2 Å². The van der Waals surface area contributed by atoms with Gasteiger partial charge in [0.05, 0.1) is 10.7 Å². The first kappa shape index (κ1) is 11.4. The Balaban J connectivity index is 2.27. The Morgan fingerprint density at radius 3 is 2.94 bits per heavy atom. The van der Waals surface area contributed by atoms with E-state index in [2.05, 4.69) is 33.1 Å². The van der Waals surface area contributed by atoms with Gasteiger partial charge in [0.15, 0.2) is 11.5 Å². The number of hydrogen-bond acceptors (Lipinski definition) is 4. The molecular formula is C12H12BrN3O2. The summed E-state index contributed by atoms with van der Waals surface area (Å²) >= 11 is 3.58. The molecule has 0 unspecified atom stereocenters. The fraction of sp³-hybridized carbons (Fsp3) is 0.250.